The Morgan fingerprint density at radius 1 is 0.545 bits per heavy atom. The third-order valence-corrected chi connectivity index (χ3v) is 5.58. The van der Waals surface area contributed by atoms with Gasteiger partial charge in [0.15, 0.2) is 0 Å². The number of benzene rings is 3. The minimum Gasteiger partial charge on any atom is -0.346 e. The van der Waals surface area contributed by atoms with Gasteiger partial charge in [-0.2, -0.15) is 0 Å². The number of nitrogens with zero attached hydrogens (tertiary/aromatic N) is 3. The quantitative estimate of drug-likeness (QED) is 0.194. The van der Waals surface area contributed by atoms with Crippen molar-refractivity contribution < 1.29 is 21.1 Å². The van der Waals surface area contributed by atoms with Gasteiger partial charge >= 0.3 is 21.1 Å². The number of para-hydroxylation sites is 1. The second-order valence-corrected chi connectivity index (χ2v) is 7.78. The van der Waals surface area contributed by atoms with E-state index in [1.165, 1.54) is 0 Å². The van der Waals surface area contributed by atoms with Crippen LogP contribution in [0.5, 0.6) is 0 Å². The molecule has 3 nitrogen and oxygen atoms in total. The van der Waals surface area contributed by atoms with E-state index in [0.717, 1.165) is 51.0 Å². The molecule has 1 aliphatic heterocycles. The first kappa shape index (κ1) is 21.3. The van der Waals surface area contributed by atoms with Gasteiger partial charge in [0, 0.05) is 23.5 Å². The first-order chi connectivity index (χ1) is 15.8. The van der Waals surface area contributed by atoms with E-state index in [1.54, 1.807) is 0 Å². The minimum absolute atomic E-state index is 0. The Morgan fingerprint density at radius 3 is 1.61 bits per heavy atom. The molecule has 0 spiro atoms. The maximum absolute atomic E-state index is 4.92. The van der Waals surface area contributed by atoms with Crippen LogP contribution in [0.25, 0.3) is 22.5 Å². The molecule has 160 valence electrons. The maximum Gasteiger partial charge on any atom is 2.00 e. The molecule has 5 aromatic rings. The molecule has 0 fully saturated rings. The number of aromatic nitrogens is 2. The van der Waals surface area contributed by atoms with Gasteiger partial charge in [0.1, 0.15) is 0 Å². The fourth-order valence-electron chi connectivity index (χ4n) is 4.10. The molecule has 0 amide bonds. The average molecular weight is 605 g/mol. The number of fused-ring (bicyclic) bond motifs is 10. The molecule has 0 unspecified atom stereocenters. The Labute approximate surface area is 208 Å². The van der Waals surface area contributed by atoms with Crippen molar-refractivity contribution in [2.24, 2.45) is 0 Å². The summed E-state index contributed by atoms with van der Waals surface area (Å²) in [6, 6.07) is 42.2. The zero-order valence-electron chi connectivity index (χ0n) is 17.7. The third-order valence-electron chi connectivity index (χ3n) is 5.58. The second kappa shape index (κ2) is 9.13. The Balaban J connectivity index is 0.00000228. The van der Waals surface area contributed by atoms with Crippen LogP contribution in [0, 0.1) is 12.1 Å². The second-order valence-electron chi connectivity index (χ2n) is 7.78. The molecule has 0 radical (unpaired) electrons. The molecule has 0 aliphatic carbocycles. The van der Waals surface area contributed by atoms with Crippen LogP contribution in [-0.2, 0) is 27.5 Å². The Bertz CT molecular complexity index is 1330. The van der Waals surface area contributed by atoms with Gasteiger partial charge < -0.3 is 14.9 Å². The molecule has 3 heterocycles. The van der Waals surface area contributed by atoms with E-state index >= 15 is 0 Å². The topological polar surface area (TPSA) is 29.0 Å². The monoisotopic (exact) mass is 604 g/mol. The Hall–Kier alpha value is -3.55. The molecule has 4 heteroatoms. The first-order valence-electron chi connectivity index (χ1n) is 10.7. The summed E-state index contributed by atoms with van der Waals surface area (Å²) in [4.78, 5) is 12.0. The van der Waals surface area contributed by atoms with Crippen LogP contribution in [0.4, 0.5) is 17.1 Å². The van der Waals surface area contributed by atoms with Crippen LogP contribution in [0.1, 0.15) is 11.4 Å². The van der Waals surface area contributed by atoms with Crippen molar-refractivity contribution in [3.8, 4) is 22.5 Å². The molecular formula is C29H19N3Pt. The molecular weight excluding hydrogens is 585 g/mol. The van der Waals surface area contributed by atoms with Crippen molar-refractivity contribution in [2.45, 2.75) is 6.42 Å². The smallest absolute Gasteiger partial charge is 0.346 e. The van der Waals surface area contributed by atoms with Crippen LogP contribution in [0.2, 0.25) is 0 Å². The van der Waals surface area contributed by atoms with Crippen LogP contribution in [0.15, 0.2) is 103 Å². The van der Waals surface area contributed by atoms with E-state index < -0.39 is 0 Å². The minimum atomic E-state index is 0. The van der Waals surface area contributed by atoms with Crippen molar-refractivity contribution in [3.63, 3.8) is 0 Å². The van der Waals surface area contributed by atoms with Gasteiger partial charge in [0.05, 0.1) is 0 Å². The Morgan fingerprint density at radius 2 is 1.06 bits per heavy atom. The molecule has 2 aromatic heterocycles. The summed E-state index contributed by atoms with van der Waals surface area (Å²) in [5, 5.41) is 0. The van der Waals surface area contributed by atoms with Crippen LogP contribution < -0.4 is 4.90 Å². The predicted molar refractivity (Wildman–Crippen MR) is 128 cm³/mol. The van der Waals surface area contributed by atoms with Gasteiger partial charge in [-0.25, -0.2) is 0 Å². The first-order valence-corrected chi connectivity index (χ1v) is 10.7. The van der Waals surface area contributed by atoms with E-state index in [9.17, 15) is 0 Å². The SMILES string of the molecule is [Pt+2].[c-]1c2cccc1N(c1ccccc1)c1[c-]c(ccc1)-c1cccc(n1)Cc1cccc-2n1. The van der Waals surface area contributed by atoms with Crippen LogP contribution in [-0.4, -0.2) is 9.97 Å². The summed E-state index contributed by atoms with van der Waals surface area (Å²) in [5.74, 6) is 0. The normalized spacial score (nSPS) is 11.8. The number of rotatable bonds is 1. The summed E-state index contributed by atoms with van der Waals surface area (Å²) in [5.41, 5.74) is 8.62. The Kier molecular flexibility index (Phi) is 5.89. The summed E-state index contributed by atoms with van der Waals surface area (Å²) in [6.07, 6.45) is 0.678. The van der Waals surface area contributed by atoms with Crippen molar-refractivity contribution in [1.82, 2.24) is 9.97 Å². The standard InChI is InChI=1S/C29H19N3.Pt/c1-2-12-25(13-3-1)32-26-14-4-8-21(18-26)28-16-6-10-23(30-28)20-24-11-7-17-29(31-24)22-9-5-15-27(32)19-22;/h1-17H,20H2;/q-2;+2. The van der Waals surface area contributed by atoms with Crippen LogP contribution in [0.3, 0.4) is 0 Å². The molecule has 1 aliphatic rings. The number of hydrogen-bond acceptors (Lipinski definition) is 3. The summed E-state index contributed by atoms with van der Waals surface area (Å²) < 4.78 is 0. The van der Waals surface area contributed by atoms with E-state index in [2.05, 4.69) is 89.8 Å². The van der Waals surface area contributed by atoms with Gasteiger partial charge in [-0.15, -0.1) is 59.7 Å². The van der Waals surface area contributed by atoms with E-state index in [1.807, 2.05) is 30.3 Å². The van der Waals surface area contributed by atoms with Gasteiger partial charge in [0.2, 0.25) is 0 Å². The number of pyridine rings is 2. The number of anilines is 3. The third kappa shape index (κ3) is 4.25. The molecule has 0 atom stereocenters. The fourth-order valence-corrected chi connectivity index (χ4v) is 4.10. The van der Waals surface area contributed by atoms with E-state index in [4.69, 9.17) is 9.97 Å². The summed E-state index contributed by atoms with van der Waals surface area (Å²) in [7, 11) is 0. The summed E-state index contributed by atoms with van der Waals surface area (Å²) in [6.45, 7) is 0. The van der Waals surface area contributed by atoms with Crippen molar-refractivity contribution in [1.29, 1.82) is 0 Å². The molecule has 6 rings (SSSR count). The van der Waals surface area contributed by atoms with Crippen LogP contribution >= 0.6 is 0 Å². The largest absolute Gasteiger partial charge is 2.00 e. The molecule has 3 aromatic carbocycles. The predicted octanol–water partition coefficient (Wildman–Crippen LogP) is 6.78. The van der Waals surface area contributed by atoms with Gasteiger partial charge in [-0.3, -0.25) is 0 Å². The number of hydrogen-bond donors (Lipinski definition) is 0. The van der Waals surface area contributed by atoms with E-state index in [0.29, 0.717) is 6.42 Å². The van der Waals surface area contributed by atoms with Crippen molar-refractivity contribution in [3.05, 3.63) is 127 Å². The zero-order chi connectivity index (χ0) is 21.3. The van der Waals surface area contributed by atoms with Gasteiger partial charge in [0.25, 0.3) is 0 Å². The maximum atomic E-state index is 4.92. The average Bonchev–Trinajstić information content (AvgIpc) is 2.85. The fraction of sp³-hybridized carbons (Fsp3) is 0.0345. The van der Waals surface area contributed by atoms with Gasteiger partial charge in [-0.1, -0.05) is 42.5 Å². The summed E-state index contributed by atoms with van der Waals surface area (Å²) >= 11 is 0. The van der Waals surface area contributed by atoms with Crippen molar-refractivity contribution >= 4 is 17.1 Å². The van der Waals surface area contributed by atoms with Crippen molar-refractivity contribution in [2.75, 3.05) is 4.90 Å². The zero-order valence-corrected chi connectivity index (χ0v) is 20.0. The molecule has 8 bridgehead atoms. The van der Waals surface area contributed by atoms with Gasteiger partial charge in [-0.05, 0) is 47.0 Å². The molecule has 0 saturated heterocycles. The van der Waals surface area contributed by atoms with E-state index in [-0.39, 0.29) is 21.1 Å². The molecule has 0 saturated carbocycles. The molecule has 0 N–H and O–H groups in total. The molecule has 33 heavy (non-hydrogen) atoms.